The van der Waals surface area contributed by atoms with Crippen molar-refractivity contribution in [1.82, 2.24) is 0 Å². The molecule has 0 amide bonds. The van der Waals surface area contributed by atoms with E-state index in [1.807, 2.05) is 21.1 Å². The average molecular weight is 679 g/mol. The van der Waals surface area contributed by atoms with Crippen LogP contribution in [0.1, 0.15) is 149 Å². The van der Waals surface area contributed by atoms with Crippen LogP contribution in [0.25, 0.3) is 0 Å². The highest BCUT2D eigenvalue weighted by atomic mass is 16.6. The van der Waals surface area contributed by atoms with Gasteiger partial charge in [0.2, 0.25) is 0 Å². The highest BCUT2D eigenvalue weighted by Gasteiger charge is 2.31. The van der Waals surface area contributed by atoms with E-state index >= 15 is 0 Å². The summed E-state index contributed by atoms with van der Waals surface area (Å²) in [6.45, 7) is 4.57. The van der Waals surface area contributed by atoms with Gasteiger partial charge in [-0.15, -0.1) is 0 Å². The van der Waals surface area contributed by atoms with Crippen molar-refractivity contribution in [2.24, 2.45) is 0 Å². The van der Waals surface area contributed by atoms with E-state index in [-0.39, 0.29) is 36.2 Å². The Kier molecular flexibility index (Phi) is 30.2. The summed E-state index contributed by atoms with van der Waals surface area (Å²) in [6.07, 6.45) is 33.3. The number of carboxylic acid groups (broad SMARTS) is 1. The zero-order valence-electron chi connectivity index (χ0n) is 31.4. The zero-order chi connectivity index (χ0) is 35.7. The Morgan fingerprint density at radius 1 is 0.646 bits per heavy atom. The van der Waals surface area contributed by atoms with E-state index < -0.39 is 18.1 Å². The first-order valence-corrected chi connectivity index (χ1v) is 19.0. The van der Waals surface area contributed by atoms with Gasteiger partial charge in [0.25, 0.3) is 0 Å². The number of ether oxygens (including phenoxy) is 3. The van der Waals surface area contributed by atoms with Gasteiger partial charge in [-0.1, -0.05) is 121 Å². The third-order valence-corrected chi connectivity index (χ3v) is 8.30. The highest BCUT2D eigenvalue weighted by Crippen LogP contribution is 2.13. The number of allylic oxidation sites excluding steroid dienone is 6. The van der Waals surface area contributed by atoms with E-state index in [0.29, 0.717) is 19.3 Å². The highest BCUT2D eigenvalue weighted by molar-refractivity contribution is 5.72. The second kappa shape index (κ2) is 31.8. The Balaban J connectivity index is 4.44. The molecule has 0 rings (SSSR count). The number of likely N-dealkylation sites (N-methyl/N-ethyl adjacent to an activating group) is 1. The summed E-state index contributed by atoms with van der Waals surface area (Å²) in [7, 11) is 5.50. The minimum Gasteiger partial charge on any atom is -0.477 e. The summed E-state index contributed by atoms with van der Waals surface area (Å²) < 4.78 is 17.2. The molecule has 8 nitrogen and oxygen atoms in total. The molecule has 8 heteroatoms. The summed E-state index contributed by atoms with van der Waals surface area (Å²) in [5.41, 5.74) is 0. The molecular formula is C40H72NO7+. The predicted molar refractivity (Wildman–Crippen MR) is 197 cm³/mol. The first-order valence-electron chi connectivity index (χ1n) is 19.0. The normalized spacial score (nSPS) is 13.4. The molecular weight excluding hydrogens is 606 g/mol. The number of esters is 2. The van der Waals surface area contributed by atoms with Crippen molar-refractivity contribution in [2.45, 2.75) is 161 Å². The lowest BCUT2D eigenvalue weighted by molar-refractivity contribution is -0.887. The van der Waals surface area contributed by atoms with Crippen molar-refractivity contribution >= 4 is 17.9 Å². The molecule has 0 aliphatic carbocycles. The first kappa shape index (κ1) is 45.6. The lowest BCUT2D eigenvalue weighted by atomic mass is 10.1. The van der Waals surface area contributed by atoms with Gasteiger partial charge in [0, 0.05) is 19.3 Å². The van der Waals surface area contributed by atoms with Crippen molar-refractivity contribution in [3.05, 3.63) is 36.5 Å². The van der Waals surface area contributed by atoms with Crippen LogP contribution in [-0.4, -0.2) is 80.6 Å². The quantitative estimate of drug-likeness (QED) is 0.0319. The van der Waals surface area contributed by atoms with Gasteiger partial charge in [0.15, 0.2) is 12.1 Å². The average Bonchev–Trinajstić information content (AvgIpc) is 3.03. The van der Waals surface area contributed by atoms with Crippen molar-refractivity contribution in [2.75, 3.05) is 41.0 Å². The largest absolute Gasteiger partial charge is 0.477 e. The van der Waals surface area contributed by atoms with Gasteiger partial charge in [0.1, 0.15) is 6.61 Å². The Bertz CT molecular complexity index is 891. The van der Waals surface area contributed by atoms with Crippen molar-refractivity contribution in [3.8, 4) is 0 Å². The number of hydrogen-bond acceptors (Lipinski definition) is 6. The summed E-state index contributed by atoms with van der Waals surface area (Å²) in [5.74, 6) is -1.49. The van der Waals surface area contributed by atoms with E-state index in [1.165, 1.54) is 38.5 Å². The van der Waals surface area contributed by atoms with E-state index in [9.17, 15) is 19.5 Å². The summed E-state index contributed by atoms with van der Waals surface area (Å²) in [6, 6.07) is -0.615. The van der Waals surface area contributed by atoms with Gasteiger partial charge < -0.3 is 23.8 Å². The molecule has 0 saturated heterocycles. The van der Waals surface area contributed by atoms with Gasteiger partial charge in [-0.3, -0.25) is 9.59 Å². The molecule has 0 fully saturated rings. The molecule has 0 spiro atoms. The fraction of sp³-hybridized carbons (Fsp3) is 0.775. The van der Waals surface area contributed by atoms with Gasteiger partial charge in [-0.2, -0.15) is 0 Å². The molecule has 0 radical (unpaired) electrons. The minimum absolute atomic E-state index is 0.0553. The Hall–Kier alpha value is -2.45. The topological polar surface area (TPSA) is 99.1 Å². The molecule has 48 heavy (non-hydrogen) atoms. The molecule has 0 bridgehead atoms. The van der Waals surface area contributed by atoms with Crippen LogP contribution in [-0.2, 0) is 28.6 Å². The number of aliphatic carboxylic acids is 1. The molecule has 0 aromatic carbocycles. The fourth-order valence-corrected chi connectivity index (χ4v) is 5.34. The summed E-state index contributed by atoms with van der Waals surface area (Å²) >= 11 is 0. The van der Waals surface area contributed by atoms with Crippen LogP contribution in [0.5, 0.6) is 0 Å². The van der Waals surface area contributed by atoms with Crippen LogP contribution in [0.3, 0.4) is 0 Å². The van der Waals surface area contributed by atoms with E-state index in [1.54, 1.807) is 0 Å². The van der Waals surface area contributed by atoms with E-state index in [0.717, 1.165) is 77.0 Å². The lowest BCUT2D eigenvalue weighted by Gasteiger charge is -2.31. The number of hydrogen-bond donors (Lipinski definition) is 1. The number of carbonyl (C=O) groups is 3. The Morgan fingerprint density at radius 2 is 1.17 bits per heavy atom. The number of nitrogens with zero attached hydrogens (tertiary/aromatic N) is 1. The predicted octanol–water partition coefficient (Wildman–Crippen LogP) is 9.52. The maximum Gasteiger partial charge on any atom is 0.362 e. The monoisotopic (exact) mass is 679 g/mol. The Labute approximate surface area is 293 Å². The molecule has 0 saturated carbocycles. The lowest BCUT2D eigenvalue weighted by Crippen LogP contribution is -2.50. The molecule has 0 aromatic heterocycles. The maximum absolute atomic E-state index is 12.6. The zero-order valence-corrected chi connectivity index (χ0v) is 31.4. The van der Waals surface area contributed by atoms with Crippen LogP contribution in [0.4, 0.5) is 0 Å². The number of unbranched alkanes of at least 4 members (excludes halogenated alkanes) is 13. The second-order valence-electron chi connectivity index (χ2n) is 13.8. The van der Waals surface area contributed by atoms with E-state index in [2.05, 4.69) is 50.3 Å². The van der Waals surface area contributed by atoms with Gasteiger partial charge in [-0.05, 0) is 44.9 Å². The van der Waals surface area contributed by atoms with Gasteiger partial charge in [0.05, 0.1) is 34.4 Å². The molecule has 1 N–H and O–H groups in total. The minimum atomic E-state index is -0.880. The fourth-order valence-electron chi connectivity index (χ4n) is 5.34. The van der Waals surface area contributed by atoms with Crippen molar-refractivity contribution in [1.29, 1.82) is 0 Å². The maximum atomic E-state index is 12.6. The van der Waals surface area contributed by atoms with Crippen LogP contribution in [0.15, 0.2) is 36.5 Å². The summed E-state index contributed by atoms with van der Waals surface area (Å²) in [5, 5.41) is 9.57. The van der Waals surface area contributed by atoms with E-state index in [4.69, 9.17) is 14.2 Å². The van der Waals surface area contributed by atoms with Crippen LogP contribution >= 0.6 is 0 Å². The summed E-state index contributed by atoms with van der Waals surface area (Å²) in [4.78, 5) is 36.7. The second-order valence-corrected chi connectivity index (χ2v) is 13.8. The smallest absolute Gasteiger partial charge is 0.362 e. The number of carboxylic acids is 1. The molecule has 0 heterocycles. The molecule has 278 valence electrons. The van der Waals surface area contributed by atoms with Crippen LogP contribution in [0.2, 0.25) is 0 Å². The molecule has 0 aromatic rings. The molecule has 0 aliphatic rings. The van der Waals surface area contributed by atoms with Crippen molar-refractivity contribution < 1.29 is 38.2 Å². The number of quaternary nitrogens is 1. The third kappa shape index (κ3) is 29.7. The van der Waals surface area contributed by atoms with Gasteiger partial charge in [-0.25, -0.2) is 4.79 Å². The van der Waals surface area contributed by atoms with Crippen LogP contribution in [0, 0.1) is 0 Å². The van der Waals surface area contributed by atoms with Gasteiger partial charge >= 0.3 is 17.9 Å². The Morgan fingerprint density at radius 3 is 1.73 bits per heavy atom. The number of carbonyl (C=O) groups excluding carboxylic acids is 2. The molecule has 2 atom stereocenters. The third-order valence-electron chi connectivity index (χ3n) is 8.30. The van der Waals surface area contributed by atoms with Crippen LogP contribution < -0.4 is 0 Å². The van der Waals surface area contributed by atoms with Crippen molar-refractivity contribution in [3.63, 3.8) is 0 Å². The molecule has 2 unspecified atom stereocenters. The standard InChI is InChI=1S/C40H71NO7/c1-6-8-10-12-14-16-17-18-19-20-21-23-25-27-29-31-39(43)48-36(34-46-33-32-37(40(44)45)41(3,4)5)35-47-38(42)30-28-26-24-22-15-13-11-9-7-2/h8,10,14,16,18-19,36-37H,6-7,9,11-13,15,17,20-35H2,1-5H3/p+1/b10-8-,16-14-,19-18-. The SMILES string of the molecule is CC/C=C\C/C=C\C/C=C\CCCCCCCC(=O)OC(COCCC(C(=O)O)[N+](C)(C)C)COC(=O)CCCCCCCCCCC. The number of rotatable bonds is 33. The molecule has 0 aliphatic heterocycles. The first-order chi connectivity index (χ1) is 23.1.